The van der Waals surface area contributed by atoms with E-state index in [0.717, 1.165) is 32.1 Å². The predicted molar refractivity (Wildman–Crippen MR) is 147 cm³/mol. The Morgan fingerprint density at radius 3 is 1.27 bits per heavy atom. The molecule has 2 atom stereocenters. The molecule has 0 saturated heterocycles. The van der Waals surface area contributed by atoms with Crippen molar-refractivity contribution >= 4 is 5.97 Å². The zero-order chi connectivity index (χ0) is 24.6. The number of hydrogen-bond acceptors (Lipinski definition) is 1. The average Bonchev–Trinajstić information content (AvgIpc) is 2.79. The van der Waals surface area contributed by atoms with Crippen LogP contribution in [0, 0.1) is 11.3 Å². The molecule has 0 aliphatic rings. The Labute approximate surface area is 209 Å². The Bertz CT molecular complexity index is 419. The number of carboxylic acid groups (broad SMARTS) is 1. The van der Waals surface area contributed by atoms with Crippen LogP contribution in [0.4, 0.5) is 0 Å². The zero-order valence-electron chi connectivity index (χ0n) is 23.4. The van der Waals surface area contributed by atoms with Crippen molar-refractivity contribution in [3.05, 3.63) is 0 Å². The molecular formula is C31H62O2. The molecule has 0 aromatic carbocycles. The average molecular weight is 467 g/mol. The summed E-state index contributed by atoms with van der Waals surface area (Å²) in [5.74, 6) is 0.0294. The minimum absolute atomic E-state index is 0.527. The molecule has 0 aliphatic carbocycles. The van der Waals surface area contributed by atoms with Gasteiger partial charge in [0.05, 0.1) is 5.41 Å². The van der Waals surface area contributed by atoms with Crippen LogP contribution in [0.5, 0.6) is 0 Å². The Morgan fingerprint density at radius 1 is 0.576 bits per heavy atom. The van der Waals surface area contributed by atoms with Gasteiger partial charge in [0.1, 0.15) is 0 Å². The molecule has 2 unspecified atom stereocenters. The van der Waals surface area contributed by atoms with Crippen LogP contribution in [-0.4, -0.2) is 11.1 Å². The molecule has 0 amide bonds. The van der Waals surface area contributed by atoms with Gasteiger partial charge in [-0.05, 0) is 25.7 Å². The SMILES string of the molecule is CCCCCCCCCCCCCCC(CCCCCCC)CC(C)(CCCCC)C(=O)O. The van der Waals surface area contributed by atoms with Crippen LogP contribution in [0.1, 0.15) is 182 Å². The maximum absolute atomic E-state index is 12.1. The fourth-order valence-corrected chi connectivity index (χ4v) is 5.36. The van der Waals surface area contributed by atoms with Crippen molar-refractivity contribution < 1.29 is 9.90 Å². The van der Waals surface area contributed by atoms with Crippen LogP contribution in [0.25, 0.3) is 0 Å². The number of unbranched alkanes of at least 4 members (excludes halogenated alkanes) is 17. The van der Waals surface area contributed by atoms with Gasteiger partial charge in [-0.25, -0.2) is 0 Å². The number of aliphatic carboxylic acids is 1. The Hall–Kier alpha value is -0.530. The molecule has 198 valence electrons. The lowest BCUT2D eigenvalue weighted by Gasteiger charge is -2.30. The lowest BCUT2D eigenvalue weighted by molar-refractivity contribution is -0.149. The summed E-state index contributed by atoms with van der Waals surface area (Å²) in [6.45, 7) is 8.78. The molecule has 1 N–H and O–H groups in total. The van der Waals surface area contributed by atoms with Crippen LogP contribution in [0.15, 0.2) is 0 Å². The second-order valence-electron chi connectivity index (χ2n) is 11.3. The third kappa shape index (κ3) is 19.5. The standard InChI is InChI=1S/C31H62O2/c1-5-8-11-13-14-15-16-17-18-19-21-23-26-29(25-22-20-12-9-6-2)28-31(4,30(32)33)27-24-10-7-3/h29H,5-28H2,1-4H3,(H,32,33). The van der Waals surface area contributed by atoms with Gasteiger partial charge in [-0.3, -0.25) is 4.79 Å². The maximum atomic E-state index is 12.1. The molecule has 0 rings (SSSR count). The summed E-state index contributed by atoms with van der Waals surface area (Å²) in [5.41, 5.74) is -0.527. The molecule has 0 aromatic heterocycles. The number of rotatable bonds is 26. The smallest absolute Gasteiger partial charge is 0.309 e. The van der Waals surface area contributed by atoms with E-state index in [1.807, 2.05) is 6.92 Å². The van der Waals surface area contributed by atoms with Crippen molar-refractivity contribution in [1.29, 1.82) is 0 Å². The summed E-state index contributed by atoms with van der Waals surface area (Å²) in [4.78, 5) is 12.1. The van der Waals surface area contributed by atoms with Crippen LogP contribution in [-0.2, 0) is 4.79 Å². The Kier molecular flexibility index (Phi) is 22.9. The van der Waals surface area contributed by atoms with Crippen molar-refractivity contribution in [3.63, 3.8) is 0 Å². The molecule has 0 saturated carbocycles. The summed E-state index contributed by atoms with van der Waals surface area (Å²) in [6, 6.07) is 0. The molecule has 0 bridgehead atoms. The third-order valence-electron chi connectivity index (χ3n) is 7.77. The first-order valence-corrected chi connectivity index (χ1v) is 15.2. The monoisotopic (exact) mass is 466 g/mol. The van der Waals surface area contributed by atoms with Gasteiger partial charge < -0.3 is 5.11 Å². The molecule has 0 aliphatic heterocycles. The van der Waals surface area contributed by atoms with E-state index in [-0.39, 0.29) is 0 Å². The van der Waals surface area contributed by atoms with Crippen molar-refractivity contribution in [1.82, 2.24) is 0 Å². The predicted octanol–water partition coefficient (Wildman–Crippen LogP) is 11.1. The second-order valence-corrected chi connectivity index (χ2v) is 11.3. The van der Waals surface area contributed by atoms with Crippen LogP contribution in [0.2, 0.25) is 0 Å². The first kappa shape index (κ1) is 32.5. The van der Waals surface area contributed by atoms with Crippen molar-refractivity contribution in [2.24, 2.45) is 11.3 Å². The molecule has 2 heteroatoms. The number of carboxylic acids is 1. The molecule has 2 nitrogen and oxygen atoms in total. The molecular weight excluding hydrogens is 404 g/mol. The first-order valence-electron chi connectivity index (χ1n) is 15.2. The largest absolute Gasteiger partial charge is 0.481 e. The maximum Gasteiger partial charge on any atom is 0.309 e. The van der Waals surface area contributed by atoms with E-state index in [4.69, 9.17) is 0 Å². The topological polar surface area (TPSA) is 37.3 Å². The second kappa shape index (κ2) is 23.2. The van der Waals surface area contributed by atoms with Crippen molar-refractivity contribution in [2.75, 3.05) is 0 Å². The summed E-state index contributed by atoms with van der Waals surface area (Å²) in [5, 5.41) is 10.00. The van der Waals surface area contributed by atoms with Crippen LogP contribution in [0.3, 0.4) is 0 Å². The van der Waals surface area contributed by atoms with Gasteiger partial charge in [0, 0.05) is 0 Å². The van der Waals surface area contributed by atoms with Crippen molar-refractivity contribution in [3.8, 4) is 0 Å². The van der Waals surface area contributed by atoms with Gasteiger partial charge in [0.25, 0.3) is 0 Å². The first-order chi connectivity index (χ1) is 16.0. The number of hydrogen-bond donors (Lipinski definition) is 1. The lowest BCUT2D eigenvalue weighted by Crippen LogP contribution is -2.30. The fourth-order valence-electron chi connectivity index (χ4n) is 5.36. The van der Waals surface area contributed by atoms with Gasteiger partial charge in [-0.1, -0.05) is 162 Å². The quantitative estimate of drug-likeness (QED) is 0.129. The zero-order valence-corrected chi connectivity index (χ0v) is 23.4. The van der Waals surface area contributed by atoms with Crippen molar-refractivity contribution in [2.45, 2.75) is 182 Å². The Morgan fingerprint density at radius 2 is 0.909 bits per heavy atom. The van der Waals surface area contributed by atoms with E-state index >= 15 is 0 Å². The van der Waals surface area contributed by atoms with Gasteiger partial charge in [0.15, 0.2) is 0 Å². The summed E-state index contributed by atoms with van der Waals surface area (Å²) in [6.07, 6.45) is 30.8. The highest BCUT2D eigenvalue weighted by Crippen LogP contribution is 2.36. The normalized spacial score (nSPS) is 14.3. The van der Waals surface area contributed by atoms with E-state index in [1.54, 1.807) is 0 Å². The highest BCUT2D eigenvalue weighted by Gasteiger charge is 2.34. The molecule has 0 fully saturated rings. The molecule has 0 spiro atoms. The minimum atomic E-state index is -0.565. The van der Waals surface area contributed by atoms with E-state index in [2.05, 4.69) is 20.8 Å². The van der Waals surface area contributed by atoms with E-state index < -0.39 is 11.4 Å². The van der Waals surface area contributed by atoms with Crippen LogP contribution >= 0.6 is 0 Å². The summed E-state index contributed by atoms with van der Waals surface area (Å²) >= 11 is 0. The van der Waals surface area contributed by atoms with Crippen LogP contribution < -0.4 is 0 Å². The van der Waals surface area contributed by atoms with Gasteiger partial charge in [0.2, 0.25) is 0 Å². The van der Waals surface area contributed by atoms with E-state index in [0.29, 0.717) is 5.92 Å². The summed E-state index contributed by atoms with van der Waals surface area (Å²) < 4.78 is 0. The highest BCUT2D eigenvalue weighted by molar-refractivity contribution is 5.74. The van der Waals surface area contributed by atoms with E-state index in [1.165, 1.54) is 122 Å². The highest BCUT2D eigenvalue weighted by atomic mass is 16.4. The van der Waals surface area contributed by atoms with Gasteiger partial charge in [-0.15, -0.1) is 0 Å². The Balaban J connectivity index is 4.26. The van der Waals surface area contributed by atoms with Gasteiger partial charge >= 0.3 is 5.97 Å². The third-order valence-corrected chi connectivity index (χ3v) is 7.77. The number of carbonyl (C=O) groups is 1. The fraction of sp³-hybridized carbons (Fsp3) is 0.968. The molecule has 0 heterocycles. The summed E-state index contributed by atoms with van der Waals surface area (Å²) in [7, 11) is 0. The minimum Gasteiger partial charge on any atom is -0.481 e. The van der Waals surface area contributed by atoms with E-state index in [9.17, 15) is 9.90 Å². The molecule has 0 radical (unpaired) electrons. The lowest BCUT2D eigenvalue weighted by atomic mass is 9.74. The molecule has 33 heavy (non-hydrogen) atoms. The van der Waals surface area contributed by atoms with Gasteiger partial charge in [-0.2, -0.15) is 0 Å². The molecule has 0 aromatic rings.